The minimum absolute atomic E-state index is 0.119. The van der Waals surface area contributed by atoms with E-state index in [1.165, 1.54) is 17.6 Å². The third-order valence-electron chi connectivity index (χ3n) is 1.12. The Morgan fingerprint density at radius 1 is 1.38 bits per heavy atom. The van der Waals surface area contributed by atoms with Crippen LogP contribution in [0.3, 0.4) is 0 Å². The standard InChI is InChI=1S/C7H11N3O3/c1-5(9-12)6(8)3-2-4-7(11)10-13/h2-4,9,12-13H,1,8H2,(H,10,11)/b4-2+,6-3-. The summed E-state index contributed by atoms with van der Waals surface area (Å²) in [5.41, 5.74) is 8.78. The Balaban J connectivity index is 4.18. The summed E-state index contributed by atoms with van der Waals surface area (Å²) in [6, 6.07) is 0. The predicted octanol–water partition coefficient (Wildman–Crippen LogP) is -0.617. The molecule has 0 rings (SSSR count). The van der Waals surface area contributed by atoms with Crippen molar-refractivity contribution in [2.45, 2.75) is 0 Å². The molecule has 72 valence electrons. The highest BCUT2D eigenvalue weighted by atomic mass is 16.5. The Kier molecular flexibility index (Phi) is 5.01. The van der Waals surface area contributed by atoms with Crippen molar-refractivity contribution >= 4 is 5.91 Å². The fourth-order valence-corrected chi connectivity index (χ4v) is 0.442. The summed E-state index contributed by atoms with van der Waals surface area (Å²) in [6.07, 6.45) is 3.68. The van der Waals surface area contributed by atoms with Crippen molar-refractivity contribution in [3.8, 4) is 0 Å². The lowest BCUT2D eigenvalue weighted by atomic mass is 10.3. The van der Waals surface area contributed by atoms with Gasteiger partial charge in [-0.2, -0.15) is 0 Å². The van der Waals surface area contributed by atoms with Crippen LogP contribution in [0.5, 0.6) is 0 Å². The second-order valence-corrected chi connectivity index (χ2v) is 2.05. The molecule has 0 aromatic rings. The molecule has 0 radical (unpaired) electrons. The molecule has 0 saturated carbocycles. The smallest absolute Gasteiger partial charge is 0.267 e. The van der Waals surface area contributed by atoms with Crippen molar-refractivity contribution < 1.29 is 15.2 Å². The lowest BCUT2D eigenvalue weighted by Gasteiger charge is -2.00. The maximum atomic E-state index is 10.4. The zero-order valence-electron chi connectivity index (χ0n) is 6.82. The van der Waals surface area contributed by atoms with Crippen molar-refractivity contribution in [2.24, 2.45) is 5.73 Å². The van der Waals surface area contributed by atoms with Gasteiger partial charge in [0.1, 0.15) is 0 Å². The van der Waals surface area contributed by atoms with Crippen molar-refractivity contribution in [2.75, 3.05) is 0 Å². The molecule has 0 aromatic carbocycles. The molecule has 0 aliphatic heterocycles. The second kappa shape index (κ2) is 5.81. The highest BCUT2D eigenvalue weighted by Gasteiger charge is 1.92. The maximum Gasteiger partial charge on any atom is 0.267 e. The molecule has 0 unspecified atom stereocenters. The summed E-state index contributed by atoms with van der Waals surface area (Å²) in [4.78, 5) is 10.4. The topological polar surface area (TPSA) is 108 Å². The van der Waals surface area contributed by atoms with Crippen LogP contribution in [0.4, 0.5) is 0 Å². The Morgan fingerprint density at radius 2 is 2.00 bits per heavy atom. The molecule has 6 N–H and O–H groups in total. The number of carbonyl (C=O) groups excluding carboxylic acids is 1. The largest absolute Gasteiger partial charge is 0.397 e. The van der Waals surface area contributed by atoms with E-state index in [0.29, 0.717) is 0 Å². The van der Waals surface area contributed by atoms with Gasteiger partial charge >= 0.3 is 0 Å². The van der Waals surface area contributed by atoms with E-state index < -0.39 is 5.91 Å². The van der Waals surface area contributed by atoms with Gasteiger partial charge in [-0.1, -0.05) is 12.7 Å². The molecule has 0 saturated heterocycles. The van der Waals surface area contributed by atoms with Gasteiger partial charge in [-0.3, -0.25) is 20.7 Å². The molecule has 6 nitrogen and oxygen atoms in total. The van der Waals surface area contributed by atoms with E-state index in [-0.39, 0.29) is 11.4 Å². The molecule has 0 spiro atoms. The number of nitrogens with one attached hydrogen (secondary N) is 2. The summed E-state index contributed by atoms with van der Waals surface area (Å²) in [5, 5.41) is 16.4. The van der Waals surface area contributed by atoms with Gasteiger partial charge < -0.3 is 5.73 Å². The molecule has 1 amide bonds. The first-order chi connectivity index (χ1) is 6.11. The van der Waals surface area contributed by atoms with Crippen LogP contribution in [-0.2, 0) is 4.79 Å². The van der Waals surface area contributed by atoms with Crippen molar-refractivity contribution in [3.63, 3.8) is 0 Å². The van der Waals surface area contributed by atoms with Crippen molar-refractivity contribution in [1.82, 2.24) is 11.0 Å². The number of hydrogen-bond acceptors (Lipinski definition) is 5. The minimum atomic E-state index is -0.674. The van der Waals surface area contributed by atoms with Crippen LogP contribution >= 0.6 is 0 Å². The zero-order valence-corrected chi connectivity index (χ0v) is 6.82. The predicted molar refractivity (Wildman–Crippen MR) is 45.4 cm³/mol. The van der Waals surface area contributed by atoms with E-state index in [1.54, 1.807) is 5.48 Å². The molecular weight excluding hydrogens is 174 g/mol. The number of hydroxylamine groups is 2. The third-order valence-corrected chi connectivity index (χ3v) is 1.12. The molecular formula is C7H11N3O3. The Morgan fingerprint density at radius 3 is 2.46 bits per heavy atom. The van der Waals surface area contributed by atoms with Crippen LogP contribution in [0.2, 0.25) is 0 Å². The van der Waals surface area contributed by atoms with Gasteiger partial charge in [-0.25, -0.2) is 5.48 Å². The molecule has 0 fully saturated rings. The molecule has 0 aromatic heterocycles. The van der Waals surface area contributed by atoms with E-state index in [2.05, 4.69) is 6.58 Å². The lowest BCUT2D eigenvalue weighted by molar-refractivity contribution is -0.124. The highest BCUT2D eigenvalue weighted by Crippen LogP contribution is 1.94. The van der Waals surface area contributed by atoms with Crippen molar-refractivity contribution in [1.29, 1.82) is 0 Å². The van der Waals surface area contributed by atoms with Gasteiger partial charge in [-0.15, -0.1) is 0 Å². The average molecular weight is 185 g/mol. The summed E-state index contributed by atoms with van der Waals surface area (Å²) < 4.78 is 0. The first-order valence-electron chi connectivity index (χ1n) is 3.29. The molecule has 6 heteroatoms. The first kappa shape index (κ1) is 11.2. The summed E-state index contributed by atoms with van der Waals surface area (Å²) in [5.74, 6) is -0.674. The van der Waals surface area contributed by atoms with Crippen molar-refractivity contribution in [3.05, 3.63) is 36.2 Å². The maximum absolute atomic E-state index is 10.4. The minimum Gasteiger partial charge on any atom is -0.397 e. The number of amides is 1. The first-order valence-corrected chi connectivity index (χ1v) is 3.29. The SMILES string of the molecule is C=C(NO)/C(N)=C/C=C/C(=O)NO. The van der Waals surface area contributed by atoms with Gasteiger partial charge in [0.05, 0.1) is 11.4 Å². The van der Waals surface area contributed by atoms with E-state index in [4.69, 9.17) is 16.1 Å². The van der Waals surface area contributed by atoms with Crippen LogP contribution in [0.25, 0.3) is 0 Å². The van der Waals surface area contributed by atoms with Crippen LogP contribution in [-0.4, -0.2) is 16.3 Å². The normalized spacial score (nSPS) is 11.4. The Bertz CT molecular complexity index is 258. The van der Waals surface area contributed by atoms with Gasteiger partial charge in [-0.05, 0) is 6.08 Å². The fourth-order valence-electron chi connectivity index (χ4n) is 0.442. The number of nitrogens with two attached hydrogens (primary N) is 1. The van der Waals surface area contributed by atoms with Gasteiger partial charge in [0.2, 0.25) is 0 Å². The van der Waals surface area contributed by atoms with Gasteiger partial charge in [0.25, 0.3) is 5.91 Å². The molecule has 13 heavy (non-hydrogen) atoms. The quantitative estimate of drug-likeness (QED) is 0.174. The molecule has 0 atom stereocenters. The third kappa shape index (κ3) is 4.62. The number of rotatable bonds is 4. The number of hydrogen-bond donors (Lipinski definition) is 5. The summed E-state index contributed by atoms with van der Waals surface area (Å²) in [6.45, 7) is 3.35. The molecule has 0 aliphatic carbocycles. The second-order valence-electron chi connectivity index (χ2n) is 2.05. The fraction of sp³-hybridized carbons (Fsp3) is 0. The summed E-state index contributed by atoms with van der Waals surface area (Å²) >= 11 is 0. The molecule has 0 bridgehead atoms. The van der Waals surface area contributed by atoms with E-state index >= 15 is 0 Å². The van der Waals surface area contributed by atoms with Crippen LogP contribution in [0, 0.1) is 0 Å². The molecule has 0 aliphatic rings. The van der Waals surface area contributed by atoms with Crippen LogP contribution in [0.1, 0.15) is 0 Å². The lowest BCUT2D eigenvalue weighted by Crippen LogP contribution is -2.15. The zero-order chi connectivity index (χ0) is 10.3. The summed E-state index contributed by atoms with van der Waals surface area (Å²) in [7, 11) is 0. The molecule has 0 heterocycles. The van der Waals surface area contributed by atoms with Crippen LogP contribution < -0.4 is 16.7 Å². The van der Waals surface area contributed by atoms with E-state index in [1.807, 2.05) is 0 Å². The van der Waals surface area contributed by atoms with E-state index in [0.717, 1.165) is 6.08 Å². The van der Waals surface area contributed by atoms with Gasteiger partial charge in [0.15, 0.2) is 0 Å². The Labute approximate surface area is 75.0 Å². The van der Waals surface area contributed by atoms with E-state index in [9.17, 15) is 4.79 Å². The Hall–Kier alpha value is -1.79. The monoisotopic (exact) mass is 185 g/mol. The number of carbonyl (C=O) groups is 1. The van der Waals surface area contributed by atoms with Crippen LogP contribution in [0.15, 0.2) is 36.2 Å². The number of allylic oxidation sites excluding steroid dienone is 2. The highest BCUT2D eigenvalue weighted by molar-refractivity contribution is 5.86. The van der Waals surface area contributed by atoms with Gasteiger partial charge in [0, 0.05) is 6.08 Å². The average Bonchev–Trinajstić information content (AvgIpc) is 2.15.